The number of likely N-dealkylation sites (N-methyl/N-ethyl adjacent to an activating group) is 1. The first kappa shape index (κ1) is 22.4. The third kappa shape index (κ3) is 5.16. The Morgan fingerprint density at radius 2 is 1.94 bits per heavy atom. The van der Waals surface area contributed by atoms with Crippen molar-refractivity contribution in [3.63, 3.8) is 0 Å². The summed E-state index contributed by atoms with van der Waals surface area (Å²) in [6.45, 7) is 6.80. The number of halogens is 1. The van der Waals surface area contributed by atoms with Gasteiger partial charge in [0, 0.05) is 62.6 Å². The molecule has 170 valence electrons. The van der Waals surface area contributed by atoms with Gasteiger partial charge < -0.3 is 20.4 Å². The summed E-state index contributed by atoms with van der Waals surface area (Å²) >= 11 is 6.13. The molecule has 1 aromatic carbocycles. The topological polar surface area (TPSA) is 67.9 Å². The Morgan fingerprint density at radius 1 is 1.19 bits per heavy atom. The molecular formula is C23H34ClN5O2. The monoisotopic (exact) mass is 447 g/mol. The number of benzene rings is 1. The van der Waals surface area contributed by atoms with E-state index in [0.717, 1.165) is 63.4 Å². The zero-order chi connectivity index (χ0) is 21.8. The normalized spacial score (nSPS) is 23.9. The number of nitrogens with one attached hydrogen (secondary N) is 2. The molecule has 8 heteroatoms. The number of hydrogen-bond acceptors (Lipinski definition) is 5. The minimum absolute atomic E-state index is 0.129. The zero-order valence-electron chi connectivity index (χ0n) is 18.4. The van der Waals surface area contributed by atoms with Gasteiger partial charge in [0.15, 0.2) is 0 Å². The van der Waals surface area contributed by atoms with E-state index in [-0.39, 0.29) is 23.3 Å². The van der Waals surface area contributed by atoms with Gasteiger partial charge in [-0.25, -0.2) is 0 Å². The third-order valence-corrected chi connectivity index (χ3v) is 7.43. The van der Waals surface area contributed by atoms with E-state index in [4.69, 9.17) is 11.6 Å². The number of likely N-dealkylation sites (tertiary alicyclic amines) is 1. The van der Waals surface area contributed by atoms with Gasteiger partial charge >= 0.3 is 0 Å². The summed E-state index contributed by atoms with van der Waals surface area (Å²) in [4.78, 5) is 31.7. The van der Waals surface area contributed by atoms with Crippen LogP contribution in [0.25, 0.3) is 0 Å². The van der Waals surface area contributed by atoms with E-state index in [1.54, 1.807) is 7.05 Å². The molecule has 7 nitrogen and oxygen atoms in total. The van der Waals surface area contributed by atoms with Crippen molar-refractivity contribution < 1.29 is 9.59 Å². The highest BCUT2D eigenvalue weighted by Gasteiger charge is 2.48. The predicted octanol–water partition coefficient (Wildman–Crippen LogP) is 1.57. The van der Waals surface area contributed by atoms with E-state index in [9.17, 15) is 9.59 Å². The smallest absolute Gasteiger partial charge is 0.236 e. The molecule has 3 heterocycles. The molecule has 0 unspecified atom stereocenters. The molecule has 3 aliphatic rings. The second-order valence-electron chi connectivity index (χ2n) is 9.16. The zero-order valence-corrected chi connectivity index (χ0v) is 19.2. The van der Waals surface area contributed by atoms with Crippen LogP contribution in [0.5, 0.6) is 0 Å². The fraction of sp³-hybridized carbons (Fsp3) is 0.652. The van der Waals surface area contributed by atoms with Gasteiger partial charge in [-0.2, -0.15) is 0 Å². The molecule has 1 atom stereocenters. The molecule has 0 bridgehead atoms. The summed E-state index contributed by atoms with van der Waals surface area (Å²) in [5.74, 6) is 0.327. The molecule has 3 fully saturated rings. The quantitative estimate of drug-likeness (QED) is 0.692. The Kier molecular flexibility index (Phi) is 7.04. The van der Waals surface area contributed by atoms with Gasteiger partial charge in [0.05, 0.1) is 12.0 Å². The van der Waals surface area contributed by atoms with Crippen LogP contribution in [0.3, 0.4) is 0 Å². The van der Waals surface area contributed by atoms with Crippen LogP contribution in [0.4, 0.5) is 5.69 Å². The molecule has 0 aromatic heterocycles. The SMILES string of the molecule is CNCC(=O)N1CCC2(CC1)C[C@H](CCN1CCN(c3cccc(Cl)c3)CC1)NC2=O. The maximum Gasteiger partial charge on any atom is 0.236 e. The predicted molar refractivity (Wildman–Crippen MR) is 123 cm³/mol. The summed E-state index contributed by atoms with van der Waals surface area (Å²) in [5.41, 5.74) is 0.920. The largest absolute Gasteiger partial charge is 0.369 e. The molecule has 3 aliphatic heterocycles. The van der Waals surface area contributed by atoms with Crippen LogP contribution >= 0.6 is 11.6 Å². The maximum atomic E-state index is 12.8. The van der Waals surface area contributed by atoms with Gasteiger partial charge in [0.2, 0.25) is 11.8 Å². The van der Waals surface area contributed by atoms with E-state index in [2.05, 4.69) is 26.5 Å². The first-order valence-corrected chi connectivity index (χ1v) is 11.8. The number of carbonyl (C=O) groups excluding carboxylic acids is 2. The summed E-state index contributed by atoms with van der Waals surface area (Å²) in [5, 5.41) is 6.96. The Morgan fingerprint density at radius 3 is 2.61 bits per heavy atom. The summed E-state index contributed by atoms with van der Waals surface area (Å²) in [6, 6.07) is 8.31. The lowest BCUT2D eigenvalue weighted by Crippen LogP contribution is -2.48. The van der Waals surface area contributed by atoms with Crippen molar-refractivity contribution in [1.29, 1.82) is 0 Å². The van der Waals surface area contributed by atoms with Gasteiger partial charge in [-0.05, 0) is 50.9 Å². The summed E-state index contributed by atoms with van der Waals surface area (Å²) in [7, 11) is 1.79. The number of anilines is 1. The fourth-order valence-electron chi connectivity index (χ4n) is 5.25. The number of piperidine rings is 1. The van der Waals surface area contributed by atoms with Crippen LogP contribution in [-0.4, -0.2) is 87.1 Å². The number of hydrogen-bond donors (Lipinski definition) is 2. The fourth-order valence-corrected chi connectivity index (χ4v) is 5.43. The first-order chi connectivity index (χ1) is 15.0. The van der Waals surface area contributed by atoms with E-state index in [1.807, 2.05) is 23.1 Å². The van der Waals surface area contributed by atoms with Crippen molar-refractivity contribution in [2.45, 2.75) is 31.7 Å². The third-order valence-electron chi connectivity index (χ3n) is 7.19. The van der Waals surface area contributed by atoms with E-state index in [1.165, 1.54) is 5.69 Å². The van der Waals surface area contributed by atoms with E-state index < -0.39 is 0 Å². The van der Waals surface area contributed by atoms with Crippen molar-refractivity contribution in [2.24, 2.45) is 5.41 Å². The van der Waals surface area contributed by atoms with Gasteiger partial charge in [0.1, 0.15) is 0 Å². The lowest BCUT2D eigenvalue weighted by Gasteiger charge is -2.38. The van der Waals surface area contributed by atoms with Crippen LogP contribution in [0.1, 0.15) is 25.7 Å². The lowest BCUT2D eigenvalue weighted by atomic mass is 9.75. The van der Waals surface area contributed by atoms with Crippen LogP contribution in [0.15, 0.2) is 24.3 Å². The Hall–Kier alpha value is -1.83. The molecule has 2 amide bonds. The van der Waals surface area contributed by atoms with Gasteiger partial charge in [0.25, 0.3) is 0 Å². The molecule has 31 heavy (non-hydrogen) atoms. The van der Waals surface area contributed by atoms with Crippen molar-refractivity contribution in [3.8, 4) is 0 Å². The minimum Gasteiger partial charge on any atom is -0.369 e. The van der Waals surface area contributed by atoms with E-state index >= 15 is 0 Å². The second-order valence-corrected chi connectivity index (χ2v) is 9.60. The van der Waals surface area contributed by atoms with Crippen molar-refractivity contribution >= 4 is 29.1 Å². The highest BCUT2D eigenvalue weighted by Crippen LogP contribution is 2.41. The van der Waals surface area contributed by atoms with Gasteiger partial charge in [-0.15, -0.1) is 0 Å². The van der Waals surface area contributed by atoms with Crippen LogP contribution in [0.2, 0.25) is 5.02 Å². The average Bonchev–Trinajstić information content (AvgIpc) is 3.08. The Balaban J connectivity index is 1.21. The first-order valence-electron chi connectivity index (χ1n) is 11.5. The molecule has 1 spiro atoms. The molecular weight excluding hydrogens is 414 g/mol. The van der Waals surface area contributed by atoms with Crippen molar-refractivity contribution in [3.05, 3.63) is 29.3 Å². The molecule has 4 rings (SSSR count). The molecule has 0 radical (unpaired) electrons. The summed E-state index contributed by atoms with van der Waals surface area (Å²) < 4.78 is 0. The number of amides is 2. The Bertz CT molecular complexity index is 788. The average molecular weight is 448 g/mol. The van der Waals surface area contributed by atoms with Crippen LogP contribution in [0, 0.1) is 5.41 Å². The van der Waals surface area contributed by atoms with Crippen molar-refractivity contribution in [1.82, 2.24) is 20.4 Å². The number of carbonyl (C=O) groups is 2. The van der Waals surface area contributed by atoms with Crippen molar-refractivity contribution in [2.75, 3.05) is 64.3 Å². The maximum absolute atomic E-state index is 12.8. The Labute approximate surface area is 190 Å². The van der Waals surface area contributed by atoms with Gasteiger partial charge in [-0.1, -0.05) is 17.7 Å². The lowest BCUT2D eigenvalue weighted by molar-refractivity contribution is -0.137. The molecule has 2 N–H and O–H groups in total. The minimum atomic E-state index is -0.271. The van der Waals surface area contributed by atoms with Crippen LogP contribution < -0.4 is 15.5 Å². The molecule has 0 saturated carbocycles. The molecule has 1 aromatic rings. The highest BCUT2D eigenvalue weighted by atomic mass is 35.5. The second kappa shape index (κ2) is 9.76. The number of rotatable bonds is 6. The number of piperazine rings is 1. The number of nitrogens with zero attached hydrogens (tertiary/aromatic N) is 3. The molecule has 0 aliphatic carbocycles. The summed E-state index contributed by atoms with van der Waals surface area (Å²) in [6.07, 6.45) is 3.46. The standard InChI is InChI=1S/C23H34ClN5O2/c1-25-17-21(30)29-9-6-23(7-10-29)16-19(26-22(23)31)5-8-27-11-13-28(14-12-27)20-4-2-3-18(24)15-20/h2-4,15,19,25H,5-14,16-17H2,1H3,(H,26,31)/t19-/m0/s1. The van der Waals surface area contributed by atoms with Crippen LogP contribution in [-0.2, 0) is 9.59 Å². The highest BCUT2D eigenvalue weighted by molar-refractivity contribution is 6.30. The van der Waals surface area contributed by atoms with E-state index in [0.29, 0.717) is 19.6 Å². The molecule has 3 saturated heterocycles. The van der Waals surface area contributed by atoms with Gasteiger partial charge in [-0.3, -0.25) is 14.5 Å².